The van der Waals surface area contributed by atoms with Crippen molar-refractivity contribution in [2.75, 3.05) is 7.11 Å². The first-order valence-corrected chi connectivity index (χ1v) is 8.94. The van der Waals surface area contributed by atoms with Crippen LogP contribution >= 0.6 is 0 Å². The highest BCUT2D eigenvalue weighted by molar-refractivity contribution is 5.40. The van der Waals surface area contributed by atoms with Crippen LogP contribution in [-0.2, 0) is 6.42 Å². The van der Waals surface area contributed by atoms with Crippen molar-refractivity contribution < 1.29 is 14.9 Å². The van der Waals surface area contributed by atoms with Crippen LogP contribution in [0.5, 0.6) is 5.75 Å². The molecule has 126 valence electrons. The predicted octanol–water partition coefficient (Wildman–Crippen LogP) is 3.27. The van der Waals surface area contributed by atoms with Gasteiger partial charge in [0.25, 0.3) is 0 Å². The summed E-state index contributed by atoms with van der Waals surface area (Å²) in [6.45, 7) is 4.02. The number of fused-ring (bicyclic) bond motifs is 5. The van der Waals surface area contributed by atoms with Crippen LogP contribution in [0.1, 0.15) is 56.6 Å². The Morgan fingerprint density at radius 3 is 2.74 bits per heavy atom. The van der Waals surface area contributed by atoms with Gasteiger partial charge in [-0.1, -0.05) is 13.0 Å². The molecule has 2 N–H and O–H groups in total. The molecule has 3 heteroatoms. The Labute approximate surface area is 138 Å². The van der Waals surface area contributed by atoms with Gasteiger partial charge in [-0.25, -0.2) is 0 Å². The van der Waals surface area contributed by atoms with Crippen LogP contribution in [0, 0.1) is 17.3 Å². The second-order valence-electron chi connectivity index (χ2n) is 8.49. The minimum absolute atomic E-state index is 0.130. The second kappa shape index (κ2) is 4.97. The zero-order valence-electron chi connectivity index (χ0n) is 14.4. The van der Waals surface area contributed by atoms with Gasteiger partial charge in [-0.2, -0.15) is 0 Å². The molecular formula is C20H28O3. The molecule has 3 nitrogen and oxygen atoms in total. The number of aliphatic hydroxyl groups is 2. The first kappa shape index (κ1) is 15.5. The van der Waals surface area contributed by atoms with E-state index in [-0.39, 0.29) is 5.41 Å². The van der Waals surface area contributed by atoms with Gasteiger partial charge in [0, 0.05) is 0 Å². The summed E-state index contributed by atoms with van der Waals surface area (Å²) in [6, 6.07) is 6.52. The fraction of sp³-hybridized carbons (Fsp3) is 0.700. The smallest absolute Gasteiger partial charge is 0.119 e. The zero-order valence-corrected chi connectivity index (χ0v) is 14.4. The minimum Gasteiger partial charge on any atom is -0.497 e. The van der Waals surface area contributed by atoms with E-state index in [1.165, 1.54) is 11.1 Å². The molecule has 4 rings (SSSR count). The molecule has 0 bridgehead atoms. The van der Waals surface area contributed by atoms with E-state index in [4.69, 9.17) is 4.74 Å². The summed E-state index contributed by atoms with van der Waals surface area (Å²) >= 11 is 0. The maximum Gasteiger partial charge on any atom is 0.119 e. The predicted molar refractivity (Wildman–Crippen MR) is 89.6 cm³/mol. The molecule has 0 radical (unpaired) electrons. The van der Waals surface area contributed by atoms with E-state index >= 15 is 0 Å². The summed E-state index contributed by atoms with van der Waals surface area (Å²) in [7, 11) is 1.72. The lowest BCUT2D eigenvalue weighted by Gasteiger charge is -2.50. The Bertz CT molecular complexity index is 623. The third-order valence-corrected chi connectivity index (χ3v) is 7.22. The van der Waals surface area contributed by atoms with Gasteiger partial charge in [0.05, 0.1) is 18.8 Å². The fourth-order valence-electron chi connectivity index (χ4n) is 6.02. The molecule has 0 spiro atoms. The number of hydrogen-bond acceptors (Lipinski definition) is 3. The Hall–Kier alpha value is -1.06. The summed E-state index contributed by atoms with van der Waals surface area (Å²) in [5.41, 5.74) is 1.84. The highest BCUT2D eigenvalue weighted by atomic mass is 16.5. The van der Waals surface area contributed by atoms with Crippen molar-refractivity contribution in [3.8, 4) is 5.75 Å². The summed E-state index contributed by atoms with van der Waals surface area (Å²) in [5.74, 6) is 2.52. The van der Waals surface area contributed by atoms with Gasteiger partial charge in [-0.15, -0.1) is 0 Å². The standard InChI is InChI=1S/C20H28O3/c1-19-9-8-15-14-7-5-13(23-3)10-12(14)4-6-16(15)17(19)11-20(2,22)18(19)21/h5,7,10,15-18,21-22H,4,6,8-9,11H2,1-3H3/t15-,16-,17-,18-,19-,20+/m1/s1. The maximum atomic E-state index is 10.7. The third-order valence-electron chi connectivity index (χ3n) is 7.22. The van der Waals surface area contributed by atoms with Crippen LogP contribution < -0.4 is 4.74 Å². The molecule has 0 aliphatic heterocycles. The molecule has 0 aromatic heterocycles. The van der Waals surface area contributed by atoms with Crippen molar-refractivity contribution >= 4 is 0 Å². The number of rotatable bonds is 1. The lowest BCUT2D eigenvalue weighted by molar-refractivity contribution is -0.0903. The summed E-state index contributed by atoms with van der Waals surface area (Å²) in [6.07, 6.45) is 4.49. The molecule has 0 unspecified atom stereocenters. The Balaban J connectivity index is 1.70. The van der Waals surface area contributed by atoms with Crippen molar-refractivity contribution in [2.45, 2.75) is 63.6 Å². The summed E-state index contributed by atoms with van der Waals surface area (Å²) < 4.78 is 5.38. The molecule has 0 heterocycles. The molecule has 3 aliphatic carbocycles. The number of ether oxygens (including phenoxy) is 1. The lowest BCUT2D eigenvalue weighted by Crippen LogP contribution is -2.46. The highest BCUT2D eigenvalue weighted by Gasteiger charge is 2.61. The van der Waals surface area contributed by atoms with Crippen LogP contribution in [0.4, 0.5) is 0 Å². The highest BCUT2D eigenvalue weighted by Crippen LogP contribution is 2.63. The maximum absolute atomic E-state index is 10.7. The summed E-state index contributed by atoms with van der Waals surface area (Å²) in [5, 5.41) is 21.3. The average Bonchev–Trinajstić information content (AvgIpc) is 2.73. The molecule has 2 fully saturated rings. The number of aliphatic hydroxyl groups excluding tert-OH is 1. The van der Waals surface area contributed by atoms with E-state index in [9.17, 15) is 10.2 Å². The van der Waals surface area contributed by atoms with E-state index in [1.54, 1.807) is 7.11 Å². The van der Waals surface area contributed by atoms with Gasteiger partial charge in [0.1, 0.15) is 5.75 Å². The van der Waals surface area contributed by atoms with E-state index in [0.29, 0.717) is 17.8 Å². The van der Waals surface area contributed by atoms with Crippen LogP contribution in [0.25, 0.3) is 0 Å². The minimum atomic E-state index is -0.936. The molecule has 0 amide bonds. The van der Waals surface area contributed by atoms with Gasteiger partial charge in [0.15, 0.2) is 0 Å². The zero-order chi connectivity index (χ0) is 16.4. The van der Waals surface area contributed by atoms with E-state index < -0.39 is 11.7 Å². The number of hydrogen-bond donors (Lipinski definition) is 2. The topological polar surface area (TPSA) is 49.7 Å². The molecule has 0 saturated heterocycles. The normalized spacial score (nSPS) is 45.1. The van der Waals surface area contributed by atoms with Gasteiger partial charge < -0.3 is 14.9 Å². The van der Waals surface area contributed by atoms with E-state index in [0.717, 1.165) is 37.9 Å². The third kappa shape index (κ3) is 2.09. The fourth-order valence-corrected chi connectivity index (χ4v) is 6.02. The second-order valence-corrected chi connectivity index (χ2v) is 8.49. The van der Waals surface area contributed by atoms with Gasteiger partial charge in [-0.05, 0) is 85.5 Å². The SMILES string of the molecule is COc1ccc2c(c1)CC[C@@H]1[C@@H]2CC[C@]2(C)[C@@H]1C[C@](C)(O)[C@@H]2O. The van der Waals surface area contributed by atoms with Crippen molar-refractivity contribution in [3.63, 3.8) is 0 Å². The molecule has 1 aromatic rings. The molecule has 6 atom stereocenters. The first-order chi connectivity index (χ1) is 10.9. The average molecular weight is 316 g/mol. The Morgan fingerprint density at radius 2 is 2.00 bits per heavy atom. The van der Waals surface area contributed by atoms with Crippen LogP contribution in [0.15, 0.2) is 18.2 Å². The number of aryl methyl sites for hydroxylation is 1. The van der Waals surface area contributed by atoms with Crippen molar-refractivity contribution in [3.05, 3.63) is 29.3 Å². The van der Waals surface area contributed by atoms with Crippen LogP contribution in [0.3, 0.4) is 0 Å². The van der Waals surface area contributed by atoms with Gasteiger partial charge >= 0.3 is 0 Å². The van der Waals surface area contributed by atoms with Gasteiger partial charge in [-0.3, -0.25) is 0 Å². The van der Waals surface area contributed by atoms with Crippen LogP contribution in [-0.4, -0.2) is 29.0 Å². The Kier molecular flexibility index (Phi) is 3.34. The quantitative estimate of drug-likeness (QED) is 0.836. The van der Waals surface area contributed by atoms with E-state index in [2.05, 4.69) is 25.1 Å². The number of benzene rings is 1. The number of methoxy groups -OCH3 is 1. The van der Waals surface area contributed by atoms with Crippen LogP contribution in [0.2, 0.25) is 0 Å². The monoisotopic (exact) mass is 316 g/mol. The molecule has 3 aliphatic rings. The molecular weight excluding hydrogens is 288 g/mol. The largest absolute Gasteiger partial charge is 0.497 e. The van der Waals surface area contributed by atoms with Crippen molar-refractivity contribution in [2.24, 2.45) is 17.3 Å². The van der Waals surface area contributed by atoms with E-state index in [1.807, 2.05) is 6.92 Å². The Morgan fingerprint density at radius 1 is 1.22 bits per heavy atom. The van der Waals surface area contributed by atoms with Crippen molar-refractivity contribution in [1.82, 2.24) is 0 Å². The van der Waals surface area contributed by atoms with Gasteiger partial charge in [0.2, 0.25) is 0 Å². The first-order valence-electron chi connectivity index (χ1n) is 8.94. The molecule has 1 aromatic carbocycles. The van der Waals surface area contributed by atoms with Crippen molar-refractivity contribution in [1.29, 1.82) is 0 Å². The lowest BCUT2D eigenvalue weighted by atomic mass is 9.55. The summed E-state index contributed by atoms with van der Waals surface area (Å²) in [4.78, 5) is 0. The molecule has 2 saturated carbocycles. The molecule has 23 heavy (non-hydrogen) atoms.